The summed E-state index contributed by atoms with van der Waals surface area (Å²) in [5, 5.41) is 3.42. The molecular weight excluding hydrogens is 170 g/mol. The number of rotatable bonds is 1. The molecule has 1 aliphatic rings. The first-order valence-electron chi connectivity index (χ1n) is 5.48. The molecular formula is C13H19N. The average molecular weight is 189 g/mol. The SMILES string of the molecule is CNC1CC(C)Cc2c(C)cccc21. The van der Waals surface area contributed by atoms with E-state index >= 15 is 0 Å². The number of nitrogens with one attached hydrogen (secondary N) is 1. The molecule has 0 aromatic heterocycles. The highest BCUT2D eigenvalue weighted by atomic mass is 14.9. The van der Waals surface area contributed by atoms with Crippen molar-refractivity contribution in [2.45, 2.75) is 32.7 Å². The van der Waals surface area contributed by atoms with Crippen molar-refractivity contribution in [2.75, 3.05) is 7.05 Å². The van der Waals surface area contributed by atoms with E-state index in [-0.39, 0.29) is 0 Å². The van der Waals surface area contributed by atoms with Crippen molar-refractivity contribution in [1.82, 2.24) is 5.32 Å². The van der Waals surface area contributed by atoms with Crippen molar-refractivity contribution in [3.63, 3.8) is 0 Å². The summed E-state index contributed by atoms with van der Waals surface area (Å²) < 4.78 is 0. The first kappa shape index (κ1) is 9.72. The van der Waals surface area contributed by atoms with E-state index in [0.29, 0.717) is 6.04 Å². The van der Waals surface area contributed by atoms with Crippen molar-refractivity contribution >= 4 is 0 Å². The van der Waals surface area contributed by atoms with Crippen molar-refractivity contribution < 1.29 is 0 Å². The van der Waals surface area contributed by atoms with Crippen LogP contribution < -0.4 is 5.32 Å². The van der Waals surface area contributed by atoms with Crippen LogP contribution >= 0.6 is 0 Å². The van der Waals surface area contributed by atoms with E-state index in [1.165, 1.54) is 24.0 Å². The van der Waals surface area contributed by atoms with E-state index in [9.17, 15) is 0 Å². The van der Waals surface area contributed by atoms with E-state index < -0.39 is 0 Å². The van der Waals surface area contributed by atoms with Crippen LogP contribution in [0.3, 0.4) is 0 Å². The third kappa shape index (κ3) is 1.57. The minimum Gasteiger partial charge on any atom is -0.313 e. The maximum atomic E-state index is 3.42. The molecule has 0 aliphatic heterocycles. The minimum absolute atomic E-state index is 0.564. The molecule has 2 atom stereocenters. The third-order valence-corrected chi connectivity index (χ3v) is 3.36. The molecule has 1 aliphatic carbocycles. The highest BCUT2D eigenvalue weighted by Gasteiger charge is 2.23. The van der Waals surface area contributed by atoms with Crippen LogP contribution in [0.2, 0.25) is 0 Å². The van der Waals surface area contributed by atoms with Gasteiger partial charge in [-0.3, -0.25) is 0 Å². The van der Waals surface area contributed by atoms with Gasteiger partial charge in [0.25, 0.3) is 0 Å². The van der Waals surface area contributed by atoms with Crippen LogP contribution in [0.1, 0.15) is 36.1 Å². The van der Waals surface area contributed by atoms with Gasteiger partial charge in [-0.25, -0.2) is 0 Å². The fourth-order valence-electron chi connectivity index (χ4n) is 2.56. The summed E-state index contributed by atoms with van der Waals surface area (Å²) in [5.41, 5.74) is 4.55. The molecule has 14 heavy (non-hydrogen) atoms. The molecule has 2 unspecified atom stereocenters. The van der Waals surface area contributed by atoms with Crippen LogP contribution in [-0.4, -0.2) is 7.05 Å². The monoisotopic (exact) mass is 189 g/mol. The van der Waals surface area contributed by atoms with E-state index in [2.05, 4.69) is 44.4 Å². The Hall–Kier alpha value is -0.820. The molecule has 76 valence electrons. The zero-order valence-electron chi connectivity index (χ0n) is 9.30. The van der Waals surface area contributed by atoms with Gasteiger partial charge in [-0.15, -0.1) is 0 Å². The van der Waals surface area contributed by atoms with Crippen LogP contribution in [0.4, 0.5) is 0 Å². The lowest BCUT2D eigenvalue weighted by atomic mass is 9.80. The molecule has 1 heteroatoms. The zero-order chi connectivity index (χ0) is 10.1. The topological polar surface area (TPSA) is 12.0 Å². The van der Waals surface area contributed by atoms with Gasteiger partial charge in [-0.2, -0.15) is 0 Å². The molecule has 0 fully saturated rings. The molecule has 0 radical (unpaired) electrons. The predicted octanol–water partition coefficient (Wildman–Crippen LogP) is 2.84. The van der Waals surface area contributed by atoms with Crippen LogP contribution in [0.25, 0.3) is 0 Å². The molecule has 0 heterocycles. The summed E-state index contributed by atoms with van der Waals surface area (Å²) in [6.45, 7) is 4.57. The van der Waals surface area contributed by atoms with Gasteiger partial charge in [-0.1, -0.05) is 25.1 Å². The molecule has 0 saturated heterocycles. The standard InChI is InChI=1S/C13H19N/c1-9-7-12-10(2)5-4-6-11(12)13(8-9)14-3/h4-6,9,13-14H,7-8H2,1-3H3. The summed E-state index contributed by atoms with van der Waals surface area (Å²) in [4.78, 5) is 0. The maximum Gasteiger partial charge on any atom is 0.0323 e. The Morgan fingerprint density at radius 2 is 2.14 bits per heavy atom. The smallest absolute Gasteiger partial charge is 0.0323 e. The van der Waals surface area contributed by atoms with E-state index in [1.807, 2.05) is 0 Å². The molecule has 2 rings (SSSR count). The lowest BCUT2D eigenvalue weighted by Gasteiger charge is -2.30. The number of hydrogen-bond donors (Lipinski definition) is 1. The second kappa shape index (κ2) is 3.74. The largest absolute Gasteiger partial charge is 0.313 e. The summed E-state index contributed by atoms with van der Waals surface area (Å²) in [6, 6.07) is 7.24. The van der Waals surface area contributed by atoms with Crippen LogP contribution in [0.5, 0.6) is 0 Å². The highest BCUT2D eigenvalue weighted by Crippen LogP contribution is 2.34. The molecule has 0 saturated carbocycles. The number of aryl methyl sites for hydroxylation is 1. The van der Waals surface area contributed by atoms with Gasteiger partial charge < -0.3 is 5.32 Å². The Kier molecular flexibility index (Phi) is 2.60. The van der Waals surface area contributed by atoms with Crippen molar-refractivity contribution in [3.8, 4) is 0 Å². The van der Waals surface area contributed by atoms with Crippen LogP contribution in [0, 0.1) is 12.8 Å². The van der Waals surface area contributed by atoms with Crippen molar-refractivity contribution in [2.24, 2.45) is 5.92 Å². The Morgan fingerprint density at radius 1 is 1.36 bits per heavy atom. The maximum absolute atomic E-state index is 3.42. The third-order valence-electron chi connectivity index (χ3n) is 3.36. The predicted molar refractivity (Wildman–Crippen MR) is 60.5 cm³/mol. The Bertz CT molecular complexity index is 330. The molecule has 0 bridgehead atoms. The van der Waals surface area contributed by atoms with Gasteiger partial charge in [0.15, 0.2) is 0 Å². The van der Waals surface area contributed by atoms with Crippen LogP contribution in [0.15, 0.2) is 18.2 Å². The Balaban J connectivity index is 2.45. The molecule has 1 aromatic rings. The fraction of sp³-hybridized carbons (Fsp3) is 0.538. The molecule has 1 aromatic carbocycles. The molecule has 1 N–H and O–H groups in total. The summed E-state index contributed by atoms with van der Waals surface area (Å²) in [5.74, 6) is 0.807. The van der Waals surface area contributed by atoms with Gasteiger partial charge in [-0.05, 0) is 49.4 Å². The first-order valence-corrected chi connectivity index (χ1v) is 5.48. The summed E-state index contributed by atoms with van der Waals surface area (Å²) in [7, 11) is 2.06. The lowest BCUT2D eigenvalue weighted by molar-refractivity contribution is 0.398. The van der Waals surface area contributed by atoms with E-state index in [4.69, 9.17) is 0 Å². The first-order chi connectivity index (χ1) is 6.72. The van der Waals surface area contributed by atoms with E-state index in [1.54, 1.807) is 5.56 Å². The van der Waals surface area contributed by atoms with Gasteiger partial charge in [0.2, 0.25) is 0 Å². The lowest BCUT2D eigenvalue weighted by Crippen LogP contribution is -2.26. The quantitative estimate of drug-likeness (QED) is 0.716. The van der Waals surface area contributed by atoms with Crippen LogP contribution in [-0.2, 0) is 6.42 Å². The minimum atomic E-state index is 0.564. The molecule has 0 amide bonds. The number of fused-ring (bicyclic) bond motifs is 1. The number of benzene rings is 1. The van der Waals surface area contributed by atoms with Crippen molar-refractivity contribution in [3.05, 3.63) is 34.9 Å². The second-order valence-electron chi connectivity index (χ2n) is 4.53. The normalized spacial score (nSPS) is 25.9. The van der Waals surface area contributed by atoms with Gasteiger partial charge in [0, 0.05) is 6.04 Å². The molecule has 0 spiro atoms. The zero-order valence-corrected chi connectivity index (χ0v) is 9.30. The average Bonchev–Trinajstić information content (AvgIpc) is 2.18. The van der Waals surface area contributed by atoms with E-state index in [0.717, 1.165) is 5.92 Å². The highest BCUT2D eigenvalue weighted by molar-refractivity contribution is 5.38. The fourth-order valence-corrected chi connectivity index (χ4v) is 2.56. The second-order valence-corrected chi connectivity index (χ2v) is 4.53. The van der Waals surface area contributed by atoms with Gasteiger partial charge >= 0.3 is 0 Å². The van der Waals surface area contributed by atoms with Crippen molar-refractivity contribution in [1.29, 1.82) is 0 Å². The molecule has 1 nitrogen and oxygen atoms in total. The van der Waals surface area contributed by atoms with Gasteiger partial charge in [0.05, 0.1) is 0 Å². The summed E-state index contributed by atoms with van der Waals surface area (Å²) in [6.07, 6.45) is 2.52. The number of hydrogen-bond acceptors (Lipinski definition) is 1. The Morgan fingerprint density at radius 3 is 2.86 bits per heavy atom. The van der Waals surface area contributed by atoms with Gasteiger partial charge in [0.1, 0.15) is 0 Å². The Labute approximate surface area is 86.5 Å². The summed E-state index contributed by atoms with van der Waals surface area (Å²) >= 11 is 0.